The van der Waals surface area contributed by atoms with Crippen molar-refractivity contribution < 1.29 is 18.7 Å². The number of nitrogens with zero attached hydrogens (tertiary/aromatic N) is 1. The minimum atomic E-state index is -0.604. The Kier molecular flexibility index (Phi) is 5.70. The normalized spacial score (nSPS) is 10.7. The van der Waals surface area contributed by atoms with Crippen LogP contribution in [0.15, 0.2) is 45.6 Å². The van der Waals surface area contributed by atoms with Crippen LogP contribution in [-0.4, -0.2) is 23.7 Å². The lowest BCUT2D eigenvalue weighted by Crippen LogP contribution is -2.21. The molecule has 3 rings (SSSR count). The molecule has 2 N–H and O–H groups in total. The third-order valence-corrected chi connectivity index (χ3v) is 4.24. The van der Waals surface area contributed by atoms with Crippen LogP contribution < -0.4 is 16.4 Å². The van der Waals surface area contributed by atoms with E-state index in [9.17, 15) is 14.4 Å². The number of anilines is 2. The van der Waals surface area contributed by atoms with Gasteiger partial charge in [-0.3, -0.25) is 4.57 Å². The van der Waals surface area contributed by atoms with Crippen molar-refractivity contribution in [3.05, 3.63) is 57.5 Å². The number of hydrogen-bond acceptors (Lipinski definition) is 5. The van der Waals surface area contributed by atoms with Gasteiger partial charge in [0.05, 0.1) is 23.9 Å². The first kappa shape index (κ1) is 19.5. The second-order valence-electron chi connectivity index (χ2n) is 5.96. The molecule has 0 aliphatic rings. The van der Waals surface area contributed by atoms with Crippen LogP contribution in [-0.2, 0) is 11.3 Å². The summed E-state index contributed by atoms with van der Waals surface area (Å²) in [5.41, 5.74) is 1.82. The molecule has 0 saturated heterocycles. The molecule has 0 bridgehead atoms. The second kappa shape index (κ2) is 8.18. The molecule has 0 spiro atoms. The highest BCUT2D eigenvalue weighted by atomic mass is 35.5. The van der Waals surface area contributed by atoms with Gasteiger partial charge in [0.25, 0.3) is 0 Å². The zero-order chi connectivity index (χ0) is 20.3. The van der Waals surface area contributed by atoms with Crippen LogP contribution in [0.5, 0.6) is 0 Å². The summed E-state index contributed by atoms with van der Waals surface area (Å²) in [7, 11) is 1.24. The van der Waals surface area contributed by atoms with Gasteiger partial charge in [-0.15, -0.1) is 0 Å². The van der Waals surface area contributed by atoms with Gasteiger partial charge in [0.1, 0.15) is 0 Å². The van der Waals surface area contributed by atoms with Gasteiger partial charge in [-0.25, -0.2) is 14.4 Å². The fraction of sp³-hybridized carbons (Fsp3) is 0.211. The van der Waals surface area contributed by atoms with Crippen molar-refractivity contribution in [1.82, 2.24) is 4.57 Å². The molecule has 0 radical (unpaired) electrons. The molecular formula is C19H18ClN3O5. The molecule has 3 aromatic rings. The van der Waals surface area contributed by atoms with Crippen LogP contribution in [0, 0.1) is 0 Å². The van der Waals surface area contributed by atoms with Gasteiger partial charge in [-0.2, -0.15) is 0 Å². The summed E-state index contributed by atoms with van der Waals surface area (Å²) in [5, 5.41) is 5.55. The van der Waals surface area contributed by atoms with Crippen LogP contribution in [0.3, 0.4) is 0 Å². The SMILES string of the molecule is CCCn1c(=O)oc2cc(NC(=O)Nc3cc(Cl)ccc3C(=O)OC)ccc21. The number of carbonyl (C=O) groups is 2. The summed E-state index contributed by atoms with van der Waals surface area (Å²) in [6.45, 7) is 2.51. The highest BCUT2D eigenvalue weighted by molar-refractivity contribution is 6.31. The van der Waals surface area contributed by atoms with E-state index < -0.39 is 17.8 Å². The van der Waals surface area contributed by atoms with E-state index >= 15 is 0 Å². The van der Waals surface area contributed by atoms with E-state index in [0.29, 0.717) is 28.4 Å². The van der Waals surface area contributed by atoms with Crippen molar-refractivity contribution in [1.29, 1.82) is 0 Å². The van der Waals surface area contributed by atoms with Crippen LogP contribution >= 0.6 is 11.6 Å². The molecule has 2 aromatic carbocycles. The minimum absolute atomic E-state index is 0.167. The first-order valence-corrected chi connectivity index (χ1v) is 8.90. The smallest absolute Gasteiger partial charge is 0.419 e. The lowest BCUT2D eigenvalue weighted by Gasteiger charge is -2.11. The van der Waals surface area contributed by atoms with E-state index in [1.165, 1.54) is 29.9 Å². The molecule has 146 valence electrons. The third kappa shape index (κ3) is 4.01. The van der Waals surface area contributed by atoms with E-state index in [1.54, 1.807) is 18.2 Å². The first-order valence-electron chi connectivity index (χ1n) is 8.52. The number of carbonyl (C=O) groups excluding carboxylic acids is 2. The lowest BCUT2D eigenvalue weighted by molar-refractivity contribution is 0.0602. The van der Waals surface area contributed by atoms with E-state index in [4.69, 9.17) is 20.8 Å². The van der Waals surface area contributed by atoms with Crippen LogP contribution in [0.1, 0.15) is 23.7 Å². The Bertz CT molecular complexity index is 1100. The standard InChI is InChI=1S/C19H18ClN3O5/c1-3-8-23-15-7-5-12(10-16(15)28-19(23)26)21-18(25)22-14-9-11(20)4-6-13(14)17(24)27-2/h4-7,9-10H,3,8H2,1-2H3,(H2,21,22,25). The second-order valence-corrected chi connectivity index (χ2v) is 6.40. The Morgan fingerprint density at radius 2 is 1.96 bits per heavy atom. The number of ether oxygens (including phenoxy) is 1. The number of fused-ring (bicyclic) bond motifs is 1. The van der Waals surface area contributed by atoms with Gasteiger partial charge in [-0.05, 0) is 36.8 Å². The number of oxazole rings is 1. The van der Waals surface area contributed by atoms with E-state index in [2.05, 4.69) is 10.6 Å². The zero-order valence-corrected chi connectivity index (χ0v) is 16.0. The maximum Gasteiger partial charge on any atom is 0.419 e. The Labute approximate surface area is 165 Å². The number of esters is 1. The van der Waals surface area contributed by atoms with Crippen molar-refractivity contribution in [3.8, 4) is 0 Å². The molecule has 1 aromatic heterocycles. The summed E-state index contributed by atoms with van der Waals surface area (Å²) >= 11 is 5.95. The van der Waals surface area contributed by atoms with Crippen molar-refractivity contribution in [2.75, 3.05) is 17.7 Å². The largest absolute Gasteiger partial charge is 0.465 e. The maximum absolute atomic E-state index is 12.4. The topological polar surface area (TPSA) is 103 Å². The average Bonchev–Trinajstić information content (AvgIpc) is 2.96. The Balaban J connectivity index is 1.81. The molecule has 28 heavy (non-hydrogen) atoms. The van der Waals surface area contributed by atoms with Gasteiger partial charge in [0.15, 0.2) is 5.58 Å². The average molecular weight is 404 g/mol. The summed E-state index contributed by atoms with van der Waals surface area (Å²) in [4.78, 5) is 36.1. The Morgan fingerprint density at radius 3 is 2.68 bits per heavy atom. The summed E-state index contributed by atoms with van der Waals surface area (Å²) < 4.78 is 11.5. The molecule has 0 aliphatic carbocycles. The summed E-state index contributed by atoms with van der Waals surface area (Å²) in [6.07, 6.45) is 0.791. The van der Waals surface area contributed by atoms with Gasteiger partial charge < -0.3 is 19.8 Å². The lowest BCUT2D eigenvalue weighted by atomic mass is 10.2. The zero-order valence-electron chi connectivity index (χ0n) is 15.2. The molecule has 0 fully saturated rings. The summed E-state index contributed by atoms with van der Waals surface area (Å²) in [5.74, 6) is -1.05. The number of amides is 2. The fourth-order valence-electron chi connectivity index (χ4n) is 2.77. The van der Waals surface area contributed by atoms with Gasteiger partial charge >= 0.3 is 17.8 Å². The molecule has 8 nitrogen and oxygen atoms in total. The van der Waals surface area contributed by atoms with Gasteiger partial charge in [-0.1, -0.05) is 18.5 Å². The Morgan fingerprint density at radius 1 is 1.18 bits per heavy atom. The predicted octanol–water partition coefficient (Wildman–Crippen LogP) is 4.09. The maximum atomic E-state index is 12.4. The first-order chi connectivity index (χ1) is 13.4. The van der Waals surface area contributed by atoms with Gasteiger partial charge in [0, 0.05) is 23.3 Å². The number of methoxy groups -OCH3 is 1. The molecule has 0 unspecified atom stereocenters. The fourth-order valence-corrected chi connectivity index (χ4v) is 2.94. The number of hydrogen-bond donors (Lipinski definition) is 2. The highest BCUT2D eigenvalue weighted by Gasteiger charge is 2.15. The molecular weight excluding hydrogens is 386 g/mol. The summed E-state index contributed by atoms with van der Waals surface area (Å²) in [6, 6.07) is 8.74. The van der Waals surface area contributed by atoms with Crippen LogP contribution in [0.4, 0.5) is 16.2 Å². The number of rotatable bonds is 5. The number of aromatic nitrogens is 1. The monoisotopic (exact) mass is 403 g/mol. The molecule has 0 aliphatic heterocycles. The number of urea groups is 1. The van der Waals surface area contributed by atoms with Crippen LogP contribution in [0.25, 0.3) is 11.1 Å². The van der Waals surface area contributed by atoms with Crippen molar-refractivity contribution in [2.45, 2.75) is 19.9 Å². The predicted molar refractivity (Wildman–Crippen MR) is 106 cm³/mol. The quantitative estimate of drug-likeness (QED) is 0.624. The van der Waals surface area contributed by atoms with E-state index in [1.807, 2.05) is 6.92 Å². The van der Waals surface area contributed by atoms with Crippen molar-refractivity contribution >= 4 is 46.1 Å². The number of nitrogens with one attached hydrogen (secondary N) is 2. The third-order valence-electron chi connectivity index (χ3n) is 4.01. The van der Waals surface area contributed by atoms with Crippen LogP contribution in [0.2, 0.25) is 5.02 Å². The minimum Gasteiger partial charge on any atom is -0.465 e. The number of halogens is 1. The molecule has 0 saturated carbocycles. The van der Waals surface area contributed by atoms with E-state index in [-0.39, 0.29) is 11.3 Å². The molecule has 9 heteroatoms. The molecule has 0 atom stereocenters. The van der Waals surface area contributed by atoms with E-state index in [0.717, 1.165) is 6.42 Å². The molecule has 2 amide bonds. The Hall–Kier alpha value is -3.26. The highest BCUT2D eigenvalue weighted by Crippen LogP contribution is 2.23. The van der Waals surface area contributed by atoms with Crippen molar-refractivity contribution in [2.24, 2.45) is 0 Å². The van der Waals surface area contributed by atoms with Gasteiger partial charge in [0.2, 0.25) is 0 Å². The number of aryl methyl sites for hydroxylation is 1. The van der Waals surface area contributed by atoms with Crippen molar-refractivity contribution in [3.63, 3.8) is 0 Å². The number of benzene rings is 2. The molecule has 1 heterocycles.